The van der Waals surface area contributed by atoms with Gasteiger partial charge in [-0.3, -0.25) is 0 Å². The molecule has 3 nitrogen and oxygen atoms in total. The summed E-state index contributed by atoms with van der Waals surface area (Å²) in [6, 6.07) is 10.3. The van der Waals surface area contributed by atoms with Crippen molar-refractivity contribution < 1.29 is 9.47 Å². The Labute approximate surface area is 114 Å². The van der Waals surface area contributed by atoms with Crippen molar-refractivity contribution in [2.45, 2.75) is 31.9 Å². The zero-order valence-electron chi connectivity index (χ0n) is 11.2. The minimum atomic E-state index is -0.289. The van der Waals surface area contributed by atoms with Crippen molar-refractivity contribution in [3.63, 3.8) is 0 Å². The van der Waals surface area contributed by atoms with E-state index in [1.807, 2.05) is 31.7 Å². The van der Waals surface area contributed by atoms with Crippen molar-refractivity contribution in [1.82, 2.24) is 0 Å². The van der Waals surface area contributed by atoms with Crippen molar-refractivity contribution in [2.24, 2.45) is 5.73 Å². The van der Waals surface area contributed by atoms with E-state index in [9.17, 15) is 0 Å². The summed E-state index contributed by atoms with van der Waals surface area (Å²) in [6.45, 7) is 5.16. The molecular formula is C14H23NO2S. The lowest BCUT2D eigenvalue weighted by atomic mass is 10.2. The summed E-state index contributed by atoms with van der Waals surface area (Å²) in [6.07, 6.45) is -0.289. The third-order valence-corrected chi connectivity index (χ3v) is 3.59. The number of benzene rings is 1. The number of thioether (sulfide) groups is 1. The summed E-state index contributed by atoms with van der Waals surface area (Å²) < 4.78 is 11.0. The molecule has 0 saturated heterocycles. The molecule has 0 spiro atoms. The van der Waals surface area contributed by atoms with Gasteiger partial charge in [0.2, 0.25) is 0 Å². The molecule has 0 aromatic heterocycles. The van der Waals surface area contributed by atoms with E-state index in [2.05, 4.69) is 24.3 Å². The maximum atomic E-state index is 6.08. The molecule has 1 aromatic carbocycles. The van der Waals surface area contributed by atoms with Crippen LogP contribution in [0.25, 0.3) is 0 Å². The lowest BCUT2D eigenvalue weighted by Crippen LogP contribution is -2.40. The first kappa shape index (κ1) is 15.5. The Bertz CT molecular complexity index is 302. The van der Waals surface area contributed by atoms with Crippen LogP contribution in [0.1, 0.15) is 19.4 Å². The van der Waals surface area contributed by atoms with Gasteiger partial charge in [-0.2, -0.15) is 11.8 Å². The molecule has 1 rings (SSSR count). The highest BCUT2D eigenvalue weighted by Crippen LogP contribution is 2.14. The Morgan fingerprint density at radius 2 is 1.72 bits per heavy atom. The van der Waals surface area contributed by atoms with Gasteiger partial charge in [0.25, 0.3) is 0 Å². The van der Waals surface area contributed by atoms with E-state index in [0.717, 1.165) is 11.5 Å². The number of ether oxygens (including phenoxy) is 2. The van der Waals surface area contributed by atoms with Gasteiger partial charge in [0, 0.05) is 24.7 Å². The highest BCUT2D eigenvalue weighted by atomic mass is 32.2. The second-order valence-corrected chi connectivity index (χ2v) is 4.97. The topological polar surface area (TPSA) is 44.5 Å². The van der Waals surface area contributed by atoms with Crippen LogP contribution >= 0.6 is 11.8 Å². The van der Waals surface area contributed by atoms with E-state index >= 15 is 0 Å². The number of hydrogen-bond acceptors (Lipinski definition) is 4. The van der Waals surface area contributed by atoms with Crippen LogP contribution < -0.4 is 5.73 Å². The van der Waals surface area contributed by atoms with Crippen LogP contribution in [0.5, 0.6) is 0 Å². The first-order valence-electron chi connectivity index (χ1n) is 6.38. The Hall–Kier alpha value is -0.550. The fourth-order valence-electron chi connectivity index (χ4n) is 1.59. The zero-order valence-corrected chi connectivity index (χ0v) is 12.0. The van der Waals surface area contributed by atoms with Crippen LogP contribution in [0, 0.1) is 0 Å². The number of rotatable bonds is 9. The Kier molecular flexibility index (Phi) is 8.09. The van der Waals surface area contributed by atoms with Crippen molar-refractivity contribution in [3.8, 4) is 0 Å². The number of nitrogens with two attached hydrogens (primary N) is 1. The molecule has 102 valence electrons. The zero-order chi connectivity index (χ0) is 13.2. The van der Waals surface area contributed by atoms with Crippen LogP contribution in [0.2, 0.25) is 0 Å². The summed E-state index contributed by atoms with van der Waals surface area (Å²) in [5, 5.41) is 0. The molecule has 0 aliphatic rings. The fraction of sp³-hybridized carbons (Fsp3) is 0.571. The highest BCUT2D eigenvalue weighted by Gasteiger charge is 2.17. The van der Waals surface area contributed by atoms with Gasteiger partial charge < -0.3 is 15.2 Å². The van der Waals surface area contributed by atoms with E-state index in [4.69, 9.17) is 15.2 Å². The Morgan fingerprint density at radius 1 is 1.11 bits per heavy atom. The predicted octanol–water partition coefficient (Wildman–Crippen LogP) is 2.65. The molecule has 0 aliphatic heterocycles. The van der Waals surface area contributed by atoms with Crippen LogP contribution in [-0.4, -0.2) is 31.3 Å². The van der Waals surface area contributed by atoms with E-state index in [1.165, 1.54) is 5.56 Å². The smallest absolute Gasteiger partial charge is 0.173 e. The Balaban J connectivity index is 2.28. The van der Waals surface area contributed by atoms with Gasteiger partial charge in [0.05, 0.1) is 6.04 Å². The molecule has 0 fully saturated rings. The lowest BCUT2D eigenvalue weighted by molar-refractivity contribution is -0.144. The molecule has 0 amide bonds. The summed E-state index contributed by atoms with van der Waals surface area (Å²) in [5.74, 6) is 1.80. The van der Waals surface area contributed by atoms with E-state index in [0.29, 0.717) is 13.2 Å². The van der Waals surface area contributed by atoms with Crippen molar-refractivity contribution >= 4 is 11.8 Å². The van der Waals surface area contributed by atoms with Gasteiger partial charge >= 0.3 is 0 Å². The molecule has 0 saturated carbocycles. The molecule has 1 atom stereocenters. The molecule has 0 unspecified atom stereocenters. The SMILES string of the molecule is CCOC(OCC)[C@@H](N)CSCc1ccccc1. The second-order valence-electron chi connectivity index (χ2n) is 3.94. The summed E-state index contributed by atoms with van der Waals surface area (Å²) in [7, 11) is 0. The van der Waals surface area contributed by atoms with Gasteiger partial charge in [0.1, 0.15) is 0 Å². The molecule has 0 radical (unpaired) electrons. The van der Waals surface area contributed by atoms with Crippen LogP contribution in [-0.2, 0) is 15.2 Å². The monoisotopic (exact) mass is 269 g/mol. The first-order valence-corrected chi connectivity index (χ1v) is 7.53. The third-order valence-electron chi connectivity index (χ3n) is 2.43. The van der Waals surface area contributed by atoms with Gasteiger partial charge in [-0.15, -0.1) is 0 Å². The van der Waals surface area contributed by atoms with Crippen LogP contribution in [0.3, 0.4) is 0 Å². The lowest BCUT2D eigenvalue weighted by Gasteiger charge is -2.23. The van der Waals surface area contributed by atoms with Gasteiger partial charge in [0.15, 0.2) is 6.29 Å². The summed E-state index contributed by atoms with van der Waals surface area (Å²) in [4.78, 5) is 0. The Morgan fingerprint density at radius 3 is 2.28 bits per heavy atom. The van der Waals surface area contributed by atoms with E-state index in [1.54, 1.807) is 0 Å². The molecule has 1 aromatic rings. The fourth-order valence-corrected chi connectivity index (χ4v) is 2.56. The van der Waals surface area contributed by atoms with Crippen LogP contribution in [0.15, 0.2) is 30.3 Å². The number of hydrogen-bond donors (Lipinski definition) is 1. The normalized spacial score (nSPS) is 12.9. The van der Waals surface area contributed by atoms with E-state index < -0.39 is 0 Å². The molecule has 18 heavy (non-hydrogen) atoms. The largest absolute Gasteiger partial charge is 0.351 e. The van der Waals surface area contributed by atoms with Crippen molar-refractivity contribution in [1.29, 1.82) is 0 Å². The average Bonchev–Trinajstić information content (AvgIpc) is 2.39. The highest BCUT2D eigenvalue weighted by molar-refractivity contribution is 7.98. The molecule has 4 heteroatoms. The third kappa shape index (κ3) is 5.87. The van der Waals surface area contributed by atoms with Crippen molar-refractivity contribution in [3.05, 3.63) is 35.9 Å². The summed E-state index contributed by atoms with van der Waals surface area (Å²) >= 11 is 1.81. The predicted molar refractivity (Wildman–Crippen MR) is 77.6 cm³/mol. The minimum absolute atomic E-state index is 0.0846. The second kappa shape index (κ2) is 9.39. The molecular weight excluding hydrogens is 246 g/mol. The van der Waals surface area contributed by atoms with E-state index in [-0.39, 0.29) is 12.3 Å². The van der Waals surface area contributed by atoms with Gasteiger partial charge in [-0.1, -0.05) is 30.3 Å². The minimum Gasteiger partial charge on any atom is -0.351 e. The maximum Gasteiger partial charge on any atom is 0.173 e. The van der Waals surface area contributed by atoms with Gasteiger partial charge in [-0.05, 0) is 19.4 Å². The molecule has 0 aliphatic carbocycles. The quantitative estimate of drug-likeness (QED) is 0.700. The molecule has 0 heterocycles. The first-order chi connectivity index (χ1) is 8.77. The summed E-state index contributed by atoms with van der Waals surface area (Å²) in [5.41, 5.74) is 7.40. The van der Waals surface area contributed by atoms with Crippen LogP contribution in [0.4, 0.5) is 0 Å². The van der Waals surface area contributed by atoms with Gasteiger partial charge in [-0.25, -0.2) is 0 Å². The standard InChI is InChI=1S/C14H23NO2S/c1-3-16-14(17-4-2)13(15)11-18-10-12-8-6-5-7-9-12/h5-9,13-14H,3-4,10-11,15H2,1-2H3/t13-/m0/s1. The molecule has 0 bridgehead atoms. The average molecular weight is 269 g/mol. The van der Waals surface area contributed by atoms with Crippen molar-refractivity contribution in [2.75, 3.05) is 19.0 Å². The molecule has 2 N–H and O–H groups in total. The maximum absolute atomic E-state index is 6.08.